The van der Waals surface area contributed by atoms with Gasteiger partial charge in [0.25, 0.3) is 0 Å². The lowest BCUT2D eigenvalue weighted by atomic mass is 9.99. The Morgan fingerprint density at radius 3 is 2.64 bits per heavy atom. The van der Waals surface area contributed by atoms with Crippen LogP contribution in [0.5, 0.6) is 0 Å². The largest absolute Gasteiger partial charge is 0.314 e. The van der Waals surface area contributed by atoms with Crippen LogP contribution >= 0.6 is 0 Å². The number of hydrogen-bond acceptors (Lipinski definition) is 3. The molecule has 1 saturated carbocycles. The molecule has 2 aromatic rings. The molecule has 4 nitrogen and oxygen atoms in total. The van der Waals surface area contributed by atoms with Crippen LogP contribution in [-0.4, -0.2) is 41.6 Å². The van der Waals surface area contributed by atoms with E-state index in [4.69, 9.17) is 0 Å². The van der Waals surface area contributed by atoms with Crippen molar-refractivity contribution in [1.82, 2.24) is 14.8 Å². The third kappa shape index (κ3) is 2.36. The summed E-state index contributed by atoms with van der Waals surface area (Å²) in [6.07, 6.45) is 4.72. The van der Waals surface area contributed by atoms with Gasteiger partial charge in [0.2, 0.25) is 5.91 Å². The number of rotatable bonds is 3. The van der Waals surface area contributed by atoms with Gasteiger partial charge in [-0.25, -0.2) is 0 Å². The third-order valence-electron chi connectivity index (χ3n) is 5.01. The lowest BCUT2D eigenvalue weighted by Gasteiger charge is -2.35. The van der Waals surface area contributed by atoms with E-state index in [1.807, 2.05) is 10.6 Å². The van der Waals surface area contributed by atoms with Gasteiger partial charge in [0.15, 0.2) is 0 Å². The maximum absolute atomic E-state index is 12.0. The molecule has 0 radical (unpaired) electrons. The fourth-order valence-electron chi connectivity index (χ4n) is 3.82. The standard InChI is InChI=1S/C18H23N3O/c1-13(22)21-12-16(15-4-2-3-5-17(15)21)18(14-6-7-14)20-10-8-19-9-11-20/h2-5,12,14,18-19H,6-11H2,1H3/t18-/m1/s1. The Labute approximate surface area is 131 Å². The molecule has 1 aromatic carbocycles. The monoisotopic (exact) mass is 297 g/mol. The number of aromatic nitrogens is 1. The van der Waals surface area contributed by atoms with E-state index in [1.54, 1.807) is 6.92 Å². The summed E-state index contributed by atoms with van der Waals surface area (Å²) in [7, 11) is 0. The molecular weight excluding hydrogens is 274 g/mol. The molecule has 4 rings (SSSR count). The Bertz CT molecular complexity index is 695. The number of nitrogens with zero attached hydrogens (tertiary/aromatic N) is 2. The Morgan fingerprint density at radius 1 is 1.23 bits per heavy atom. The van der Waals surface area contributed by atoms with Crippen molar-refractivity contribution in [2.24, 2.45) is 5.92 Å². The lowest BCUT2D eigenvalue weighted by molar-refractivity contribution is 0.0940. The molecule has 116 valence electrons. The van der Waals surface area contributed by atoms with Crippen molar-refractivity contribution in [3.8, 4) is 0 Å². The van der Waals surface area contributed by atoms with Crippen molar-refractivity contribution < 1.29 is 4.79 Å². The van der Waals surface area contributed by atoms with Crippen molar-refractivity contribution in [2.75, 3.05) is 26.2 Å². The number of carbonyl (C=O) groups excluding carboxylic acids is 1. The predicted molar refractivity (Wildman–Crippen MR) is 88.1 cm³/mol. The van der Waals surface area contributed by atoms with Gasteiger partial charge in [0, 0.05) is 50.7 Å². The summed E-state index contributed by atoms with van der Waals surface area (Å²) in [6.45, 7) is 5.97. The predicted octanol–water partition coefficient (Wildman–Crippen LogP) is 2.66. The fraction of sp³-hybridized carbons (Fsp3) is 0.500. The molecule has 2 heterocycles. The number of hydrogen-bond donors (Lipinski definition) is 1. The first-order valence-electron chi connectivity index (χ1n) is 8.31. The molecule has 1 N–H and O–H groups in total. The molecule has 2 fully saturated rings. The SMILES string of the molecule is CC(=O)n1cc([C@@H](C2CC2)N2CCNCC2)c2ccccc21. The van der Waals surface area contributed by atoms with Gasteiger partial charge in [-0.3, -0.25) is 14.3 Å². The van der Waals surface area contributed by atoms with E-state index in [0.717, 1.165) is 37.6 Å². The normalized spacial score (nSPS) is 21.1. The number of fused-ring (bicyclic) bond motifs is 1. The molecule has 0 bridgehead atoms. The highest BCUT2D eigenvalue weighted by Crippen LogP contribution is 2.46. The summed E-state index contributed by atoms with van der Waals surface area (Å²) in [6, 6.07) is 8.79. The van der Waals surface area contributed by atoms with Gasteiger partial charge < -0.3 is 5.32 Å². The van der Waals surface area contributed by atoms with Gasteiger partial charge in [-0.15, -0.1) is 0 Å². The van der Waals surface area contributed by atoms with Crippen LogP contribution < -0.4 is 5.32 Å². The second kappa shape index (κ2) is 5.52. The second-order valence-electron chi connectivity index (χ2n) is 6.56. The first-order chi connectivity index (χ1) is 10.8. The molecule has 1 aromatic heterocycles. The molecule has 22 heavy (non-hydrogen) atoms. The molecule has 1 atom stereocenters. The molecule has 1 aliphatic carbocycles. The van der Waals surface area contributed by atoms with Crippen LogP contribution in [0.3, 0.4) is 0 Å². The summed E-state index contributed by atoms with van der Waals surface area (Å²) in [5.41, 5.74) is 2.39. The molecule has 0 spiro atoms. The Morgan fingerprint density at radius 2 is 1.95 bits per heavy atom. The zero-order valence-corrected chi connectivity index (χ0v) is 13.1. The smallest absolute Gasteiger partial charge is 0.227 e. The van der Waals surface area contributed by atoms with Gasteiger partial charge >= 0.3 is 0 Å². The van der Waals surface area contributed by atoms with Gasteiger partial charge in [0.1, 0.15) is 0 Å². The van der Waals surface area contributed by atoms with Crippen LogP contribution in [0.15, 0.2) is 30.5 Å². The van der Waals surface area contributed by atoms with Gasteiger partial charge in [-0.2, -0.15) is 0 Å². The topological polar surface area (TPSA) is 37.3 Å². The van der Waals surface area contributed by atoms with Gasteiger partial charge in [0.05, 0.1) is 5.52 Å². The Kier molecular flexibility index (Phi) is 3.51. The van der Waals surface area contributed by atoms with Crippen molar-refractivity contribution in [3.63, 3.8) is 0 Å². The zero-order chi connectivity index (χ0) is 15.1. The van der Waals surface area contributed by atoms with Crippen LogP contribution in [0, 0.1) is 5.92 Å². The molecule has 0 unspecified atom stereocenters. The zero-order valence-electron chi connectivity index (χ0n) is 13.1. The third-order valence-corrected chi connectivity index (χ3v) is 5.01. The van der Waals surface area contributed by atoms with Crippen molar-refractivity contribution in [1.29, 1.82) is 0 Å². The van der Waals surface area contributed by atoms with E-state index in [-0.39, 0.29) is 5.91 Å². The number of nitrogens with one attached hydrogen (secondary N) is 1. The molecule has 1 saturated heterocycles. The maximum atomic E-state index is 12.0. The Balaban J connectivity index is 1.82. The minimum Gasteiger partial charge on any atom is -0.314 e. The average Bonchev–Trinajstić information content (AvgIpc) is 3.30. The van der Waals surface area contributed by atoms with Gasteiger partial charge in [-0.05, 0) is 30.4 Å². The maximum Gasteiger partial charge on any atom is 0.227 e. The molecule has 1 aliphatic heterocycles. The molecule has 4 heteroatoms. The fourth-order valence-corrected chi connectivity index (χ4v) is 3.82. The number of benzene rings is 1. The first-order valence-corrected chi connectivity index (χ1v) is 8.31. The summed E-state index contributed by atoms with van der Waals surface area (Å²) in [5.74, 6) is 0.849. The van der Waals surface area contributed by atoms with Crippen LogP contribution in [0.4, 0.5) is 0 Å². The summed E-state index contributed by atoms with van der Waals surface area (Å²) >= 11 is 0. The van der Waals surface area contributed by atoms with E-state index in [9.17, 15) is 4.79 Å². The minimum absolute atomic E-state index is 0.0947. The van der Waals surface area contributed by atoms with E-state index in [0.29, 0.717) is 6.04 Å². The highest BCUT2D eigenvalue weighted by atomic mass is 16.1. The van der Waals surface area contributed by atoms with E-state index < -0.39 is 0 Å². The van der Waals surface area contributed by atoms with E-state index >= 15 is 0 Å². The average molecular weight is 297 g/mol. The first kappa shape index (κ1) is 14.0. The van der Waals surface area contributed by atoms with Gasteiger partial charge in [-0.1, -0.05) is 18.2 Å². The van der Waals surface area contributed by atoms with E-state index in [2.05, 4.69) is 34.6 Å². The van der Waals surface area contributed by atoms with Crippen LogP contribution in [0.25, 0.3) is 10.9 Å². The Hall–Kier alpha value is -1.65. The number of carbonyl (C=O) groups is 1. The highest BCUT2D eigenvalue weighted by Gasteiger charge is 2.38. The van der Waals surface area contributed by atoms with Crippen molar-refractivity contribution in [3.05, 3.63) is 36.0 Å². The summed E-state index contributed by atoms with van der Waals surface area (Å²) in [5, 5.41) is 4.68. The highest BCUT2D eigenvalue weighted by molar-refractivity contribution is 5.93. The van der Waals surface area contributed by atoms with E-state index in [1.165, 1.54) is 23.8 Å². The number of para-hydroxylation sites is 1. The minimum atomic E-state index is 0.0947. The molecular formula is C18H23N3O. The second-order valence-corrected chi connectivity index (χ2v) is 6.56. The van der Waals surface area contributed by atoms with Crippen LogP contribution in [-0.2, 0) is 0 Å². The lowest BCUT2D eigenvalue weighted by Crippen LogP contribution is -2.45. The van der Waals surface area contributed by atoms with Crippen LogP contribution in [0.2, 0.25) is 0 Å². The summed E-state index contributed by atoms with van der Waals surface area (Å²) < 4.78 is 1.82. The quantitative estimate of drug-likeness (QED) is 0.946. The van der Waals surface area contributed by atoms with Crippen molar-refractivity contribution >= 4 is 16.8 Å². The molecule has 2 aliphatic rings. The summed E-state index contributed by atoms with van der Waals surface area (Å²) in [4.78, 5) is 14.6. The van der Waals surface area contributed by atoms with Crippen LogP contribution in [0.1, 0.15) is 36.2 Å². The van der Waals surface area contributed by atoms with Crippen molar-refractivity contribution in [2.45, 2.75) is 25.8 Å². The number of piperazine rings is 1. The molecule has 0 amide bonds.